The molecule has 4 aliphatic rings. The number of rotatable bonds is 8. The summed E-state index contributed by atoms with van der Waals surface area (Å²) in [7, 11) is 0. The Balaban J connectivity index is 1.71. The Labute approximate surface area is 238 Å². The Morgan fingerprint density at radius 2 is 0.786 bits per heavy atom. The summed E-state index contributed by atoms with van der Waals surface area (Å²) in [6, 6.07) is 6.51. The average Bonchev–Trinajstić information content (AvgIpc) is 2.88. The Kier molecular flexibility index (Phi) is 6.77. The minimum atomic E-state index is -0.859. The van der Waals surface area contributed by atoms with Crippen molar-refractivity contribution >= 4 is 35.7 Å². The highest BCUT2D eigenvalue weighted by molar-refractivity contribution is 6.09. The molecule has 4 N–H and O–H groups in total. The largest absolute Gasteiger partial charge is 0.426 e. The topological polar surface area (TPSA) is 191 Å². The highest BCUT2D eigenvalue weighted by atomic mass is 16.6. The maximum Gasteiger partial charge on any atom is 0.308 e. The first-order chi connectivity index (χ1) is 19.8. The zero-order valence-corrected chi connectivity index (χ0v) is 23.0. The summed E-state index contributed by atoms with van der Waals surface area (Å²) in [5.74, 6) is -4.11. The van der Waals surface area contributed by atoms with Gasteiger partial charge in [0.25, 0.3) is 11.8 Å². The molecule has 0 aromatic heterocycles. The smallest absolute Gasteiger partial charge is 0.308 e. The fourth-order valence-corrected chi connectivity index (χ4v) is 5.38. The van der Waals surface area contributed by atoms with Crippen molar-refractivity contribution in [2.45, 2.75) is 40.5 Å². The lowest BCUT2D eigenvalue weighted by Gasteiger charge is -2.31. The lowest BCUT2D eigenvalue weighted by Crippen LogP contribution is -2.25. The van der Waals surface area contributed by atoms with Crippen LogP contribution in [0.1, 0.15) is 70.7 Å². The number of carbonyl (C=O) groups is 6. The Bertz CT molecular complexity index is 1660. The van der Waals surface area contributed by atoms with Gasteiger partial charge in [0.05, 0.1) is 11.1 Å². The van der Waals surface area contributed by atoms with Gasteiger partial charge in [-0.25, -0.2) is 0 Å². The molecule has 0 saturated carbocycles. The van der Waals surface area contributed by atoms with Crippen LogP contribution in [0.3, 0.4) is 0 Å². The number of ether oxygens (including phenoxy) is 4. The van der Waals surface area contributed by atoms with E-state index in [1.165, 1.54) is 27.7 Å². The molecule has 42 heavy (non-hydrogen) atoms. The van der Waals surface area contributed by atoms with Crippen molar-refractivity contribution in [1.29, 1.82) is 0 Å². The number of carbonyl (C=O) groups excluding carboxylic acids is 6. The van der Waals surface area contributed by atoms with Crippen molar-refractivity contribution in [2.75, 3.05) is 0 Å². The fraction of sp³-hybridized carbons (Fsp3) is 0.200. The van der Waals surface area contributed by atoms with Crippen molar-refractivity contribution in [1.82, 2.24) is 0 Å². The van der Waals surface area contributed by atoms with E-state index >= 15 is 0 Å². The van der Waals surface area contributed by atoms with Gasteiger partial charge in [-0.15, -0.1) is 0 Å². The van der Waals surface area contributed by atoms with E-state index in [1.807, 2.05) is 0 Å². The molecule has 3 aromatic rings. The predicted octanol–water partition coefficient (Wildman–Crippen LogP) is 2.73. The van der Waals surface area contributed by atoms with Crippen molar-refractivity contribution in [2.24, 2.45) is 11.5 Å². The summed E-state index contributed by atoms with van der Waals surface area (Å²) in [6.07, 6.45) is 0.516. The number of hydrogen-bond donors (Lipinski definition) is 2. The Morgan fingerprint density at radius 1 is 0.500 bits per heavy atom. The van der Waals surface area contributed by atoms with Crippen LogP contribution in [0.25, 0.3) is 22.3 Å². The molecule has 12 heteroatoms. The zero-order valence-electron chi connectivity index (χ0n) is 23.0. The van der Waals surface area contributed by atoms with Gasteiger partial charge in [0.1, 0.15) is 11.5 Å². The molecule has 12 nitrogen and oxygen atoms in total. The summed E-state index contributed by atoms with van der Waals surface area (Å²) < 4.78 is 21.4. The lowest BCUT2D eigenvalue weighted by molar-refractivity contribution is -0.133. The Morgan fingerprint density at radius 3 is 1.05 bits per heavy atom. The van der Waals surface area contributed by atoms with Crippen LogP contribution in [-0.2, 0) is 32.0 Å². The molecule has 4 bridgehead atoms. The molecule has 0 atom stereocenters. The minimum absolute atomic E-state index is 0.0524. The SMILES string of the molecule is CC(=O)Oc1c2c(OC(C)=O)c(C(N)=O)c(-c3ccc(-c4c5c(OC(C)=O)c(c(OC(C)=O)c4C(N)=O)C5)cc3)c1C2. The molecular weight excluding hydrogens is 548 g/mol. The van der Waals surface area contributed by atoms with E-state index in [0.717, 1.165) is 0 Å². The molecule has 4 aliphatic carbocycles. The molecule has 0 fully saturated rings. The van der Waals surface area contributed by atoms with Gasteiger partial charge >= 0.3 is 23.9 Å². The molecule has 0 spiro atoms. The summed E-state index contributed by atoms with van der Waals surface area (Å²) in [4.78, 5) is 72.5. The first-order valence-electron chi connectivity index (χ1n) is 12.7. The standard InChI is InChI=1S/C30H24N2O10/c1-11(33)39-25-17-9-19(25)27(41-13(3)35)23(29(31)37)21(17)15-5-7-16(8-6-15)22-18-10-20(26(18)40-12(2)34)28(42-14(4)36)24(22)30(32)38/h5-8H,9-10H2,1-4H3,(H2,31,37)(H2,32,38). The van der Waals surface area contributed by atoms with Crippen molar-refractivity contribution < 1.29 is 47.7 Å². The van der Waals surface area contributed by atoms with E-state index < -0.39 is 35.7 Å². The first kappa shape index (κ1) is 28.0. The van der Waals surface area contributed by atoms with Crippen LogP contribution in [0, 0.1) is 0 Å². The van der Waals surface area contributed by atoms with Gasteiger partial charge in [-0.2, -0.15) is 0 Å². The molecular formula is C30H24N2O10. The summed E-state index contributed by atoms with van der Waals surface area (Å²) in [5.41, 5.74) is 14.7. The third kappa shape index (κ3) is 4.52. The van der Waals surface area contributed by atoms with E-state index in [9.17, 15) is 28.8 Å². The van der Waals surface area contributed by atoms with Gasteiger partial charge < -0.3 is 30.4 Å². The predicted molar refractivity (Wildman–Crippen MR) is 145 cm³/mol. The fourth-order valence-electron chi connectivity index (χ4n) is 5.38. The number of amides is 2. The van der Waals surface area contributed by atoms with E-state index in [0.29, 0.717) is 44.5 Å². The normalized spacial score (nSPS) is 11.9. The number of hydrogen-bond acceptors (Lipinski definition) is 10. The molecule has 0 radical (unpaired) electrons. The monoisotopic (exact) mass is 572 g/mol. The van der Waals surface area contributed by atoms with Crippen molar-refractivity contribution in [3.05, 3.63) is 57.6 Å². The van der Waals surface area contributed by atoms with Gasteiger partial charge in [0, 0.05) is 73.9 Å². The Hall–Kier alpha value is -5.52. The minimum Gasteiger partial charge on any atom is -0.426 e. The van der Waals surface area contributed by atoms with Gasteiger partial charge in [-0.1, -0.05) is 24.3 Å². The number of fused-ring (bicyclic) bond motifs is 4. The zero-order chi connectivity index (χ0) is 30.6. The van der Waals surface area contributed by atoms with E-state index in [2.05, 4.69) is 0 Å². The second kappa shape index (κ2) is 10.1. The van der Waals surface area contributed by atoms with Crippen LogP contribution in [0.2, 0.25) is 0 Å². The highest BCUT2D eigenvalue weighted by Gasteiger charge is 2.39. The van der Waals surface area contributed by atoms with Crippen LogP contribution in [-0.4, -0.2) is 35.7 Å². The van der Waals surface area contributed by atoms with Crippen LogP contribution in [0.15, 0.2) is 24.3 Å². The van der Waals surface area contributed by atoms with Crippen LogP contribution in [0.5, 0.6) is 23.0 Å². The van der Waals surface area contributed by atoms with Crippen LogP contribution < -0.4 is 30.4 Å². The molecule has 3 aromatic carbocycles. The second-order valence-electron chi connectivity index (χ2n) is 9.76. The lowest BCUT2D eigenvalue weighted by atomic mass is 9.77. The molecule has 0 saturated heterocycles. The molecule has 214 valence electrons. The van der Waals surface area contributed by atoms with Gasteiger partial charge in [0.15, 0.2) is 11.5 Å². The maximum atomic E-state index is 12.6. The first-order valence-corrected chi connectivity index (χ1v) is 12.7. The average molecular weight is 573 g/mol. The maximum absolute atomic E-state index is 12.6. The highest BCUT2D eigenvalue weighted by Crippen LogP contribution is 2.55. The number of esters is 4. The molecule has 0 aliphatic heterocycles. The van der Waals surface area contributed by atoms with E-state index in [-0.39, 0.29) is 47.0 Å². The van der Waals surface area contributed by atoms with Crippen molar-refractivity contribution in [3.8, 4) is 45.3 Å². The van der Waals surface area contributed by atoms with Crippen LogP contribution >= 0.6 is 0 Å². The summed E-state index contributed by atoms with van der Waals surface area (Å²) in [5, 5.41) is 0. The van der Waals surface area contributed by atoms with Gasteiger partial charge in [0.2, 0.25) is 0 Å². The number of benzene rings is 3. The third-order valence-electron chi connectivity index (χ3n) is 6.85. The molecule has 7 rings (SSSR count). The second-order valence-corrected chi connectivity index (χ2v) is 9.76. The number of nitrogens with two attached hydrogens (primary N) is 2. The molecule has 2 amide bonds. The van der Waals surface area contributed by atoms with Gasteiger partial charge in [-0.3, -0.25) is 28.8 Å². The quantitative estimate of drug-likeness (QED) is 0.206. The summed E-state index contributed by atoms with van der Waals surface area (Å²) >= 11 is 0. The van der Waals surface area contributed by atoms with E-state index in [1.54, 1.807) is 24.3 Å². The number of primary amides is 2. The molecule has 0 unspecified atom stereocenters. The van der Waals surface area contributed by atoms with Crippen molar-refractivity contribution in [3.63, 3.8) is 0 Å². The van der Waals surface area contributed by atoms with E-state index in [4.69, 9.17) is 30.4 Å². The molecule has 0 heterocycles. The van der Waals surface area contributed by atoms with Gasteiger partial charge in [-0.05, 0) is 11.1 Å². The van der Waals surface area contributed by atoms with Crippen LogP contribution in [0.4, 0.5) is 0 Å². The third-order valence-corrected chi connectivity index (χ3v) is 6.85. The summed E-state index contributed by atoms with van der Waals surface area (Å²) in [6.45, 7) is 4.78.